The van der Waals surface area contributed by atoms with Crippen molar-refractivity contribution in [1.29, 1.82) is 0 Å². The lowest BCUT2D eigenvalue weighted by molar-refractivity contribution is -0.113. The first-order valence-electron chi connectivity index (χ1n) is 7.40. The lowest BCUT2D eigenvalue weighted by atomic mass is 10.2. The number of allylic oxidation sites excluding steroid dienone is 5. The quantitative estimate of drug-likeness (QED) is 0.574. The number of benzene rings is 1. The maximum Gasteiger partial charge on any atom is 0.210 e. The highest BCUT2D eigenvalue weighted by Crippen LogP contribution is 2.25. The van der Waals surface area contributed by atoms with Crippen LogP contribution < -0.4 is 0 Å². The van der Waals surface area contributed by atoms with Crippen LogP contribution in [0.5, 0.6) is 0 Å². The zero-order valence-corrected chi connectivity index (χ0v) is 15.4. The monoisotopic (exact) mass is 361 g/mol. The van der Waals surface area contributed by atoms with Crippen molar-refractivity contribution in [3.05, 3.63) is 59.7 Å². The predicted molar refractivity (Wildman–Crippen MR) is 99.0 cm³/mol. The molecule has 24 heavy (non-hydrogen) atoms. The van der Waals surface area contributed by atoms with E-state index in [2.05, 4.69) is 4.98 Å². The van der Waals surface area contributed by atoms with Gasteiger partial charge in [0.15, 0.2) is 5.78 Å². The zero-order chi connectivity index (χ0) is 17.7. The number of para-hydroxylation sites is 1. The molecule has 0 radical (unpaired) electrons. The second-order valence-corrected chi connectivity index (χ2v) is 8.68. The van der Waals surface area contributed by atoms with Crippen molar-refractivity contribution in [1.82, 2.24) is 4.98 Å². The van der Waals surface area contributed by atoms with Gasteiger partial charge in [-0.3, -0.25) is 4.79 Å². The Kier molecular flexibility index (Phi) is 5.85. The Morgan fingerprint density at radius 1 is 1.21 bits per heavy atom. The van der Waals surface area contributed by atoms with E-state index >= 15 is 0 Å². The summed E-state index contributed by atoms with van der Waals surface area (Å²) in [4.78, 5) is 15.3. The topological polar surface area (TPSA) is 64.1 Å². The summed E-state index contributed by atoms with van der Waals surface area (Å²) in [5, 5.41) is 0. The van der Waals surface area contributed by atoms with E-state index in [1.165, 1.54) is 18.3 Å². The number of Topliss-reactive ketones (excluding diaryl/α,β-unsaturated/α-hetero) is 1. The van der Waals surface area contributed by atoms with Gasteiger partial charge in [-0.2, -0.15) is 0 Å². The third-order valence-corrected chi connectivity index (χ3v) is 6.50. The van der Waals surface area contributed by atoms with Crippen LogP contribution in [0.2, 0.25) is 0 Å². The van der Waals surface area contributed by atoms with Crippen molar-refractivity contribution < 1.29 is 13.2 Å². The number of sulfone groups is 1. The number of thiazole rings is 1. The van der Waals surface area contributed by atoms with E-state index in [4.69, 9.17) is 0 Å². The van der Waals surface area contributed by atoms with Crippen LogP contribution in [0, 0.1) is 0 Å². The molecule has 0 N–H and O–H groups in total. The van der Waals surface area contributed by atoms with Crippen molar-refractivity contribution in [2.45, 2.75) is 25.1 Å². The van der Waals surface area contributed by atoms with Gasteiger partial charge < -0.3 is 0 Å². The van der Waals surface area contributed by atoms with E-state index in [0.717, 1.165) is 10.3 Å². The van der Waals surface area contributed by atoms with E-state index in [9.17, 15) is 13.2 Å². The van der Waals surface area contributed by atoms with Crippen LogP contribution in [-0.2, 0) is 14.6 Å². The Labute approximate surface area is 146 Å². The molecule has 1 aromatic carbocycles. The van der Waals surface area contributed by atoms with Crippen molar-refractivity contribution in [3.8, 4) is 0 Å². The molecule has 0 unspecified atom stereocenters. The van der Waals surface area contributed by atoms with Crippen LogP contribution in [0.3, 0.4) is 0 Å². The van der Waals surface area contributed by atoms with Crippen molar-refractivity contribution in [3.63, 3.8) is 0 Å². The average Bonchev–Trinajstić information content (AvgIpc) is 2.98. The van der Waals surface area contributed by atoms with Crippen LogP contribution in [0.1, 0.15) is 20.8 Å². The molecule has 0 atom stereocenters. The summed E-state index contributed by atoms with van der Waals surface area (Å²) in [6.45, 7) is 5.07. The Morgan fingerprint density at radius 3 is 2.58 bits per heavy atom. The molecule has 0 aliphatic rings. The van der Waals surface area contributed by atoms with Gasteiger partial charge in [0.25, 0.3) is 0 Å². The van der Waals surface area contributed by atoms with Crippen molar-refractivity contribution >= 4 is 37.2 Å². The number of rotatable bonds is 6. The van der Waals surface area contributed by atoms with Gasteiger partial charge in [0, 0.05) is 0 Å². The summed E-state index contributed by atoms with van der Waals surface area (Å²) in [6, 6.07) is 7.37. The van der Waals surface area contributed by atoms with Crippen LogP contribution in [0.25, 0.3) is 10.2 Å². The van der Waals surface area contributed by atoms with Gasteiger partial charge in [-0.05, 0) is 38.5 Å². The average molecular weight is 361 g/mol. The largest absolute Gasteiger partial charge is 0.295 e. The van der Waals surface area contributed by atoms with Crippen molar-refractivity contribution in [2.24, 2.45) is 0 Å². The Morgan fingerprint density at radius 2 is 1.92 bits per heavy atom. The lowest BCUT2D eigenvalue weighted by Crippen LogP contribution is -2.04. The van der Waals surface area contributed by atoms with Gasteiger partial charge in [0.2, 0.25) is 14.2 Å². The molecular weight excluding hydrogens is 342 g/mol. The second-order valence-electron chi connectivity index (χ2n) is 5.44. The summed E-state index contributed by atoms with van der Waals surface area (Å²) in [6.07, 6.45) is 6.88. The molecule has 2 rings (SSSR count). The summed E-state index contributed by atoms with van der Waals surface area (Å²) in [5.74, 6) is -0.0852. The Hall–Kier alpha value is -2.05. The normalized spacial score (nSPS) is 13.8. The zero-order valence-electron chi connectivity index (χ0n) is 13.8. The molecule has 0 fully saturated rings. The second kappa shape index (κ2) is 7.68. The Balaban J connectivity index is 2.12. The first kappa shape index (κ1) is 18.3. The van der Waals surface area contributed by atoms with Crippen molar-refractivity contribution in [2.75, 3.05) is 5.75 Å². The maximum absolute atomic E-state index is 12.4. The van der Waals surface area contributed by atoms with Gasteiger partial charge in [0.1, 0.15) is 0 Å². The van der Waals surface area contributed by atoms with E-state index in [1.807, 2.05) is 25.1 Å². The van der Waals surface area contributed by atoms with Crippen LogP contribution >= 0.6 is 11.3 Å². The number of fused-ring (bicyclic) bond motifs is 1. The molecular formula is C18H19NO3S2. The van der Waals surface area contributed by atoms with Crippen LogP contribution in [0.15, 0.2) is 64.1 Å². The van der Waals surface area contributed by atoms with E-state index in [1.54, 1.807) is 37.3 Å². The fourth-order valence-corrected chi connectivity index (χ4v) is 4.37. The molecule has 2 aromatic rings. The summed E-state index contributed by atoms with van der Waals surface area (Å²) in [5.41, 5.74) is 2.17. The molecule has 126 valence electrons. The third-order valence-electron chi connectivity index (χ3n) is 3.43. The molecule has 6 heteroatoms. The van der Waals surface area contributed by atoms with Crippen LogP contribution in [0.4, 0.5) is 0 Å². The number of aromatic nitrogens is 1. The number of hydrogen-bond acceptors (Lipinski definition) is 5. The van der Waals surface area contributed by atoms with Gasteiger partial charge in [0.05, 0.1) is 16.0 Å². The molecule has 1 aromatic heterocycles. The molecule has 0 saturated heterocycles. The number of carbonyl (C=O) groups excluding carboxylic acids is 1. The first-order valence-corrected chi connectivity index (χ1v) is 9.87. The summed E-state index contributed by atoms with van der Waals surface area (Å²) < 4.78 is 25.8. The summed E-state index contributed by atoms with van der Waals surface area (Å²) in [7, 11) is -3.44. The molecule has 0 bridgehead atoms. The molecule has 0 aliphatic carbocycles. The van der Waals surface area contributed by atoms with Gasteiger partial charge in [-0.15, -0.1) is 11.3 Å². The molecule has 0 aliphatic heterocycles. The van der Waals surface area contributed by atoms with E-state index in [0.29, 0.717) is 11.1 Å². The fourth-order valence-electron chi connectivity index (χ4n) is 1.83. The van der Waals surface area contributed by atoms with Crippen LogP contribution in [-0.4, -0.2) is 24.9 Å². The molecule has 1 heterocycles. The number of hydrogen-bond donors (Lipinski definition) is 0. The minimum absolute atomic E-state index is 0.0136. The molecule has 0 spiro atoms. The number of nitrogens with zero attached hydrogens (tertiary/aromatic N) is 1. The van der Waals surface area contributed by atoms with E-state index < -0.39 is 9.84 Å². The fraction of sp³-hybridized carbons (Fsp3) is 0.222. The SMILES string of the molecule is CC(=O)/C(C)=C/C=C/C(C)=C/CS(=O)(=O)c1nc2ccccc2s1. The summed E-state index contributed by atoms with van der Waals surface area (Å²) >= 11 is 1.19. The minimum Gasteiger partial charge on any atom is -0.295 e. The third kappa shape index (κ3) is 4.72. The molecule has 0 amide bonds. The number of carbonyl (C=O) groups is 1. The van der Waals surface area contributed by atoms with E-state index in [-0.39, 0.29) is 15.9 Å². The smallest absolute Gasteiger partial charge is 0.210 e. The van der Waals surface area contributed by atoms with Gasteiger partial charge in [-0.25, -0.2) is 13.4 Å². The minimum atomic E-state index is -3.44. The van der Waals surface area contributed by atoms with Gasteiger partial charge in [-0.1, -0.05) is 42.0 Å². The molecule has 4 nitrogen and oxygen atoms in total. The maximum atomic E-state index is 12.4. The predicted octanol–water partition coefficient (Wildman–Crippen LogP) is 4.11. The highest BCUT2D eigenvalue weighted by atomic mass is 32.2. The highest BCUT2D eigenvalue weighted by Gasteiger charge is 2.18. The standard InChI is InChI=1S/C18H19NO3S2/c1-13(7-6-8-14(2)15(3)20)11-12-24(21,22)18-19-16-9-4-5-10-17(16)23-18/h4-11H,12H2,1-3H3/b7-6+,13-11+,14-8+. The highest BCUT2D eigenvalue weighted by molar-refractivity contribution is 7.93. The Bertz CT molecular complexity index is 915. The van der Waals surface area contributed by atoms with Gasteiger partial charge >= 0.3 is 0 Å². The number of ketones is 1. The first-order chi connectivity index (χ1) is 11.3. The molecule has 0 saturated carbocycles. The lowest BCUT2D eigenvalue weighted by Gasteiger charge is -1.97.